The standard InChI is InChI=1S/C18H25F3N2OS/c1-13-6-8-15(9-7-13)23(17(22)24)10-3-11-25-16-5-2-4-14(12-16)18(19,20)21/h2,4-5,12-13,15H,3,6-11H2,1H3,(H2,22,24). The van der Waals surface area contributed by atoms with Gasteiger partial charge in [-0.25, -0.2) is 4.79 Å². The summed E-state index contributed by atoms with van der Waals surface area (Å²) in [7, 11) is 0. The number of thioether (sulfide) groups is 1. The Bertz CT molecular complexity index is 572. The zero-order valence-corrected chi connectivity index (χ0v) is 15.2. The molecule has 0 heterocycles. The molecule has 140 valence electrons. The minimum atomic E-state index is -4.32. The molecule has 1 aliphatic rings. The molecule has 25 heavy (non-hydrogen) atoms. The van der Waals surface area contributed by atoms with Gasteiger partial charge in [0.2, 0.25) is 0 Å². The van der Waals surface area contributed by atoms with E-state index in [0.29, 0.717) is 29.5 Å². The number of urea groups is 1. The number of halogens is 3. The number of carbonyl (C=O) groups excluding carboxylic acids is 1. The number of carbonyl (C=O) groups is 1. The van der Waals surface area contributed by atoms with E-state index in [1.807, 2.05) is 0 Å². The zero-order chi connectivity index (χ0) is 18.4. The van der Waals surface area contributed by atoms with Gasteiger partial charge in [0.1, 0.15) is 0 Å². The van der Waals surface area contributed by atoms with Gasteiger partial charge in [-0.1, -0.05) is 13.0 Å². The summed E-state index contributed by atoms with van der Waals surface area (Å²) in [5.41, 5.74) is 4.89. The number of nitrogens with two attached hydrogens (primary N) is 1. The second kappa shape index (κ2) is 8.83. The molecular formula is C18H25F3N2OS. The molecule has 0 aliphatic heterocycles. The van der Waals surface area contributed by atoms with Crippen molar-refractivity contribution in [2.24, 2.45) is 11.7 Å². The van der Waals surface area contributed by atoms with Crippen LogP contribution in [0, 0.1) is 5.92 Å². The number of primary amides is 1. The summed E-state index contributed by atoms with van der Waals surface area (Å²) in [6.45, 7) is 2.77. The average molecular weight is 374 g/mol. The highest BCUT2D eigenvalue weighted by molar-refractivity contribution is 7.99. The summed E-state index contributed by atoms with van der Waals surface area (Å²) in [6.07, 6.45) is 0.546. The summed E-state index contributed by atoms with van der Waals surface area (Å²) in [5.74, 6) is 1.34. The first kappa shape index (κ1) is 19.9. The van der Waals surface area contributed by atoms with Crippen molar-refractivity contribution in [2.45, 2.75) is 56.1 Å². The number of amides is 2. The fourth-order valence-electron chi connectivity index (χ4n) is 3.21. The van der Waals surface area contributed by atoms with Gasteiger partial charge in [0, 0.05) is 17.5 Å². The quantitative estimate of drug-likeness (QED) is 0.553. The van der Waals surface area contributed by atoms with Gasteiger partial charge in [-0.05, 0) is 62.0 Å². The van der Waals surface area contributed by atoms with E-state index >= 15 is 0 Å². The van der Waals surface area contributed by atoms with Gasteiger partial charge in [-0.3, -0.25) is 0 Å². The van der Waals surface area contributed by atoms with Crippen molar-refractivity contribution in [1.29, 1.82) is 0 Å². The van der Waals surface area contributed by atoms with E-state index in [-0.39, 0.29) is 6.04 Å². The highest BCUT2D eigenvalue weighted by Gasteiger charge is 2.30. The predicted octanol–water partition coefficient (Wildman–Crippen LogP) is 5.15. The molecule has 1 saturated carbocycles. The van der Waals surface area contributed by atoms with Crippen molar-refractivity contribution in [2.75, 3.05) is 12.3 Å². The third-order valence-electron chi connectivity index (χ3n) is 4.68. The molecule has 0 saturated heterocycles. The van der Waals surface area contributed by atoms with E-state index in [2.05, 4.69) is 6.92 Å². The normalized spacial score (nSPS) is 21.1. The minimum absolute atomic E-state index is 0.201. The summed E-state index contributed by atoms with van der Waals surface area (Å²) in [5, 5.41) is 0. The van der Waals surface area contributed by atoms with Gasteiger partial charge in [0.05, 0.1) is 5.56 Å². The van der Waals surface area contributed by atoms with Gasteiger partial charge in [0.15, 0.2) is 0 Å². The van der Waals surface area contributed by atoms with Gasteiger partial charge in [-0.2, -0.15) is 13.2 Å². The molecule has 1 aliphatic carbocycles. The van der Waals surface area contributed by atoms with Crippen LogP contribution in [0.5, 0.6) is 0 Å². The van der Waals surface area contributed by atoms with Crippen LogP contribution >= 0.6 is 11.8 Å². The molecule has 0 aromatic heterocycles. The molecule has 0 spiro atoms. The molecule has 0 radical (unpaired) electrons. The molecule has 0 atom stereocenters. The lowest BCUT2D eigenvalue weighted by Gasteiger charge is -2.35. The lowest BCUT2D eigenvalue weighted by Crippen LogP contribution is -2.45. The van der Waals surface area contributed by atoms with Crippen LogP contribution in [-0.4, -0.2) is 29.3 Å². The largest absolute Gasteiger partial charge is 0.416 e. The Kier molecular flexibility index (Phi) is 7.04. The molecule has 2 N–H and O–H groups in total. The van der Waals surface area contributed by atoms with Crippen molar-refractivity contribution < 1.29 is 18.0 Å². The molecule has 1 aromatic rings. The van der Waals surface area contributed by atoms with E-state index in [9.17, 15) is 18.0 Å². The number of alkyl halides is 3. The lowest BCUT2D eigenvalue weighted by molar-refractivity contribution is -0.137. The van der Waals surface area contributed by atoms with Crippen LogP contribution in [0.1, 0.15) is 44.6 Å². The first-order valence-electron chi connectivity index (χ1n) is 8.63. The second-order valence-corrected chi connectivity index (χ2v) is 7.84. The van der Waals surface area contributed by atoms with Crippen molar-refractivity contribution in [1.82, 2.24) is 4.90 Å². The van der Waals surface area contributed by atoms with Crippen LogP contribution in [0.2, 0.25) is 0 Å². The smallest absolute Gasteiger partial charge is 0.351 e. The van der Waals surface area contributed by atoms with Gasteiger partial charge in [0.25, 0.3) is 0 Å². The highest BCUT2D eigenvalue weighted by atomic mass is 32.2. The van der Waals surface area contributed by atoms with Crippen molar-refractivity contribution in [3.05, 3.63) is 29.8 Å². The molecule has 1 aromatic carbocycles. The molecular weight excluding hydrogens is 349 g/mol. The van der Waals surface area contributed by atoms with Crippen LogP contribution in [-0.2, 0) is 6.18 Å². The zero-order valence-electron chi connectivity index (χ0n) is 14.4. The Morgan fingerprint density at radius 3 is 2.56 bits per heavy atom. The average Bonchev–Trinajstić information content (AvgIpc) is 2.55. The van der Waals surface area contributed by atoms with E-state index < -0.39 is 17.8 Å². The van der Waals surface area contributed by atoms with E-state index in [0.717, 1.165) is 31.7 Å². The Hall–Kier alpha value is -1.37. The van der Waals surface area contributed by atoms with E-state index in [4.69, 9.17) is 5.73 Å². The molecule has 3 nitrogen and oxygen atoms in total. The molecule has 7 heteroatoms. The van der Waals surface area contributed by atoms with Crippen molar-refractivity contribution >= 4 is 17.8 Å². The fraction of sp³-hybridized carbons (Fsp3) is 0.611. The van der Waals surface area contributed by atoms with Crippen molar-refractivity contribution in [3.8, 4) is 0 Å². The van der Waals surface area contributed by atoms with Crippen LogP contribution in [0.3, 0.4) is 0 Å². The fourth-order valence-corrected chi connectivity index (χ4v) is 4.11. The number of rotatable bonds is 6. The van der Waals surface area contributed by atoms with Gasteiger partial charge < -0.3 is 10.6 Å². The summed E-state index contributed by atoms with van der Waals surface area (Å²) in [6, 6.07) is 5.14. The third kappa shape index (κ3) is 6.13. The minimum Gasteiger partial charge on any atom is -0.351 e. The van der Waals surface area contributed by atoms with Crippen LogP contribution in [0.25, 0.3) is 0 Å². The number of benzene rings is 1. The number of nitrogens with zero attached hydrogens (tertiary/aromatic N) is 1. The summed E-state index contributed by atoms with van der Waals surface area (Å²) >= 11 is 1.37. The maximum absolute atomic E-state index is 12.7. The topological polar surface area (TPSA) is 46.3 Å². The van der Waals surface area contributed by atoms with E-state index in [1.54, 1.807) is 11.0 Å². The van der Waals surface area contributed by atoms with Crippen LogP contribution in [0.4, 0.5) is 18.0 Å². The lowest BCUT2D eigenvalue weighted by atomic mass is 9.86. The molecule has 0 unspecified atom stereocenters. The van der Waals surface area contributed by atoms with Crippen LogP contribution < -0.4 is 5.73 Å². The molecule has 1 fully saturated rings. The predicted molar refractivity (Wildman–Crippen MR) is 94.5 cm³/mol. The first-order chi connectivity index (χ1) is 11.8. The molecule has 2 amide bonds. The Morgan fingerprint density at radius 1 is 1.28 bits per heavy atom. The van der Waals surface area contributed by atoms with Gasteiger partial charge >= 0.3 is 12.2 Å². The second-order valence-electron chi connectivity index (χ2n) is 6.67. The number of hydrogen-bond acceptors (Lipinski definition) is 2. The summed E-state index contributed by atoms with van der Waals surface area (Å²) < 4.78 is 38.2. The first-order valence-corrected chi connectivity index (χ1v) is 9.62. The monoisotopic (exact) mass is 374 g/mol. The van der Waals surface area contributed by atoms with Crippen molar-refractivity contribution in [3.63, 3.8) is 0 Å². The third-order valence-corrected chi connectivity index (χ3v) is 5.76. The molecule has 2 rings (SSSR count). The summed E-state index contributed by atoms with van der Waals surface area (Å²) in [4.78, 5) is 14.0. The maximum Gasteiger partial charge on any atom is 0.416 e. The SMILES string of the molecule is CC1CCC(N(CCCSc2cccc(C(F)(F)F)c2)C(N)=O)CC1. The number of hydrogen-bond donors (Lipinski definition) is 1. The Morgan fingerprint density at radius 2 is 1.96 bits per heavy atom. The highest BCUT2D eigenvalue weighted by Crippen LogP contribution is 2.32. The van der Waals surface area contributed by atoms with Gasteiger partial charge in [-0.15, -0.1) is 11.8 Å². The Balaban J connectivity index is 1.81. The molecule has 0 bridgehead atoms. The van der Waals surface area contributed by atoms with Crippen LogP contribution in [0.15, 0.2) is 29.2 Å². The Labute approximate surface area is 151 Å². The maximum atomic E-state index is 12.7. The van der Waals surface area contributed by atoms with E-state index in [1.165, 1.54) is 23.9 Å².